The van der Waals surface area contributed by atoms with E-state index in [1.54, 1.807) is 6.08 Å². The van der Waals surface area contributed by atoms with Gasteiger partial charge in [0, 0.05) is 0 Å². The van der Waals surface area contributed by atoms with Crippen LogP contribution in [0.2, 0.25) is 0 Å². The molecule has 0 heterocycles. The maximum Gasteiger partial charge on any atom is 0.108 e. The van der Waals surface area contributed by atoms with Crippen molar-refractivity contribution in [1.82, 2.24) is 0 Å². The van der Waals surface area contributed by atoms with Gasteiger partial charge >= 0.3 is 0 Å². The standard InChI is InChI=1S/C15H25F/c1-3-5-6-9-15(10-11-15)13-14(7-4-2)8-12-16/h4,7-8H,3,5-6,9-13H2,1-2H3/b7-4-,14-8+. The third-order valence-electron chi connectivity index (χ3n) is 3.57. The second kappa shape index (κ2) is 6.88. The summed E-state index contributed by atoms with van der Waals surface area (Å²) in [5.74, 6) is 0. The zero-order valence-electron chi connectivity index (χ0n) is 10.8. The largest absolute Gasteiger partial charge is 0.247 e. The molecule has 0 nitrogen and oxygen atoms in total. The van der Waals surface area contributed by atoms with Gasteiger partial charge < -0.3 is 0 Å². The van der Waals surface area contributed by atoms with Gasteiger partial charge in [0.2, 0.25) is 0 Å². The molecule has 1 aliphatic rings. The Morgan fingerprint density at radius 1 is 1.31 bits per heavy atom. The van der Waals surface area contributed by atoms with E-state index in [1.165, 1.54) is 44.1 Å². The third-order valence-corrected chi connectivity index (χ3v) is 3.57. The van der Waals surface area contributed by atoms with Crippen molar-refractivity contribution in [1.29, 1.82) is 0 Å². The molecule has 16 heavy (non-hydrogen) atoms. The smallest absolute Gasteiger partial charge is 0.108 e. The fraction of sp³-hybridized carbons (Fsp3) is 0.733. The average Bonchev–Trinajstić information content (AvgIpc) is 2.99. The molecule has 1 heteroatoms. The van der Waals surface area contributed by atoms with E-state index in [1.807, 2.05) is 13.0 Å². The molecule has 0 aliphatic heterocycles. The summed E-state index contributed by atoms with van der Waals surface area (Å²) in [5.41, 5.74) is 1.73. The topological polar surface area (TPSA) is 0 Å². The molecule has 0 spiro atoms. The van der Waals surface area contributed by atoms with Gasteiger partial charge in [-0.2, -0.15) is 0 Å². The highest BCUT2D eigenvalue weighted by Crippen LogP contribution is 2.54. The van der Waals surface area contributed by atoms with E-state index in [4.69, 9.17) is 0 Å². The number of hydrogen-bond acceptors (Lipinski definition) is 0. The van der Waals surface area contributed by atoms with Crippen LogP contribution in [0.1, 0.15) is 58.8 Å². The van der Waals surface area contributed by atoms with Crippen molar-refractivity contribution < 1.29 is 4.39 Å². The Balaban J connectivity index is 2.41. The van der Waals surface area contributed by atoms with E-state index in [0.717, 1.165) is 6.42 Å². The molecule has 1 fully saturated rings. The van der Waals surface area contributed by atoms with Crippen LogP contribution in [0.3, 0.4) is 0 Å². The lowest BCUT2D eigenvalue weighted by Gasteiger charge is -2.15. The van der Waals surface area contributed by atoms with Crippen LogP contribution in [0.15, 0.2) is 23.8 Å². The number of unbranched alkanes of at least 4 members (excludes halogenated alkanes) is 2. The molecule has 0 N–H and O–H groups in total. The lowest BCUT2D eigenvalue weighted by atomic mass is 9.90. The number of allylic oxidation sites excluding steroid dienone is 4. The Hall–Kier alpha value is -0.590. The third kappa shape index (κ3) is 4.51. The van der Waals surface area contributed by atoms with Crippen LogP contribution in [0.5, 0.6) is 0 Å². The van der Waals surface area contributed by atoms with Gasteiger partial charge in [-0.3, -0.25) is 0 Å². The summed E-state index contributed by atoms with van der Waals surface area (Å²) >= 11 is 0. The molecule has 1 rings (SSSR count). The monoisotopic (exact) mass is 224 g/mol. The molecule has 1 aliphatic carbocycles. The molecule has 1 saturated carbocycles. The first-order valence-corrected chi connectivity index (χ1v) is 6.64. The number of hydrogen-bond donors (Lipinski definition) is 0. The van der Waals surface area contributed by atoms with Crippen molar-refractivity contribution in [3.05, 3.63) is 23.8 Å². The van der Waals surface area contributed by atoms with Gasteiger partial charge in [0.25, 0.3) is 0 Å². The minimum Gasteiger partial charge on any atom is -0.247 e. The van der Waals surface area contributed by atoms with Crippen molar-refractivity contribution in [2.24, 2.45) is 5.41 Å². The Kier molecular flexibility index (Phi) is 5.79. The van der Waals surface area contributed by atoms with E-state index in [2.05, 4.69) is 13.0 Å². The van der Waals surface area contributed by atoms with Crippen molar-refractivity contribution in [3.8, 4) is 0 Å². The van der Waals surface area contributed by atoms with Crippen molar-refractivity contribution in [3.63, 3.8) is 0 Å². The first-order valence-electron chi connectivity index (χ1n) is 6.64. The summed E-state index contributed by atoms with van der Waals surface area (Å²) in [4.78, 5) is 0. The minimum atomic E-state index is -0.329. The van der Waals surface area contributed by atoms with Gasteiger partial charge in [-0.1, -0.05) is 44.4 Å². The molecule has 0 bridgehead atoms. The SMILES string of the molecule is C/C=C\C(=C/CF)CC1(CCCCC)CC1. The van der Waals surface area contributed by atoms with Crippen LogP contribution in [0, 0.1) is 5.41 Å². The Bertz CT molecular complexity index is 246. The molecular weight excluding hydrogens is 199 g/mol. The molecular formula is C15H25F. The molecule has 0 unspecified atom stereocenters. The lowest BCUT2D eigenvalue weighted by Crippen LogP contribution is -2.02. The number of rotatable bonds is 8. The predicted molar refractivity (Wildman–Crippen MR) is 69.3 cm³/mol. The highest BCUT2D eigenvalue weighted by molar-refractivity contribution is 5.22. The molecule has 92 valence electrons. The lowest BCUT2D eigenvalue weighted by molar-refractivity contribution is 0.435. The van der Waals surface area contributed by atoms with Gasteiger partial charge in [0.15, 0.2) is 0 Å². The van der Waals surface area contributed by atoms with Gasteiger partial charge in [0.05, 0.1) is 0 Å². The highest BCUT2D eigenvalue weighted by Gasteiger charge is 2.41. The van der Waals surface area contributed by atoms with Crippen LogP contribution in [0.25, 0.3) is 0 Å². The number of alkyl halides is 1. The quantitative estimate of drug-likeness (QED) is 0.392. The predicted octanol–water partition coefficient (Wildman–Crippen LogP) is 5.21. The Morgan fingerprint density at radius 3 is 2.56 bits per heavy atom. The van der Waals surface area contributed by atoms with E-state index in [-0.39, 0.29) is 6.67 Å². The summed E-state index contributed by atoms with van der Waals surface area (Å²) in [5, 5.41) is 0. The van der Waals surface area contributed by atoms with Crippen LogP contribution >= 0.6 is 0 Å². The molecule has 0 amide bonds. The van der Waals surface area contributed by atoms with Crippen molar-refractivity contribution in [2.75, 3.05) is 6.67 Å². The van der Waals surface area contributed by atoms with E-state index < -0.39 is 0 Å². The molecule has 0 radical (unpaired) electrons. The normalized spacial score (nSPS) is 19.3. The first-order chi connectivity index (χ1) is 7.76. The first kappa shape index (κ1) is 13.5. The van der Waals surface area contributed by atoms with E-state index in [0.29, 0.717) is 5.41 Å². The maximum atomic E-state index is 12.4. The molecule has 0 atom stereocenters. The van der Waals surface area contributed by atoms with Crippen LogP contribution in [0.4, 0.5) is 4.39 Å². The van der Waals surface area contributed by atoms with Crippen molar-refractivity contribution in [2.45, 2.75) is 58.8 Å². The zero-order chi connectivity index (χ0) is 11.9. The summed E-state index contributed by atoms with van der Waals surface area (Å²) < 4.78 is 12.4. The van der Waals surface area contributed by atoms with Gasteiger partial charge in [-0.05, 0) is 43.6 Å². The Labute approximate surface area is 99.6 Å². The van der Waals surface area contributed by atoms with Crippen LogP contribution in [-0.4, -0.2) is 6.67 Å². The second-order valence-corrected chi connectivity index (χ2v) is 5.07. The van der Waals surface area contributed by atoms with Crippen LogP contribution < -0.4 is 0 Å². The zero-order valence-corrected chi connectivity index (χ0v) is 10.8. The van der Waals surface area contributed by atoms with E-state index in [9.17, 15) is 4.39 Å². The highest BCUT2D eigenvalue weighted by atomic mass is 19.1. The summed E-state index contributed by atoms with van der Waals surface area (Å²) in [7, 11) is 0. The van der Waals surface area contributed by atoms with Crippen LogP contribution in [-0.2, 0) is 0 Å². The Morgan fingerprint density at radius 2 is 2.06 bits per heavy atom. The minimum absolute atomic E-state index is 0.329. The summed E-state index contributed by atoms with van der Waals surface area (Å²) in [6.45, 7) is 3.92. The second-order valence-electron chi connectivity index (χ2n) is 5.07. The number of halogens is 1. The fourth-order valence-electron chi connectivity index (χ4n) is 2.39. The van der Waals surface area contributed by atoms with Gasteiger partial charge in [0.1, 0.15) is 6.67 Å². The summed E-state index contributed by atoms with van der Waals surface area (Å²) in [6, 6.07) is 0. The molecule has 0 aromatic carbocycles. The molecule has 0 aromatic rings. The van der Waals surface area contributed by atoms with E-state index >= 15 is 0 Å². The molecule has 0 saturated heterocycles. The van der Waals surface area contributed by atoms with Gasteiger partial charge in [-0.25, -0.2) is 4.39 Å². The van der Waals surface area contributed by atoms with Gasteiger partial charge in [-0.15, -0.1) is 0 Å². The molecule has 0 aromatic heterocycles. The average molecular weight is 224 g/mol. The fourth-order valence-corrected chi connectivity index (χ4v) is 2.39. The van der Waals surface area contributed by atoms with Crippen molar-refractivity contribution >= 4 is 0 Å². The summed E-state index contributed by atoms with van der Waals surface area (Å²) in [6.07, 6.45) is 14.9. The maximum absolute atomic E-state index is 12.4.